The van der Waals surface area contributed by atoms with Crippen molar-refractivity contribution < 1.29 is 18.3 Å². The Morgan fingerprint density at radius 1 is 1.45 bits per heavy atom. The quantitative estimate of drug-likeness (QED) is 0.864. The van der Waals surface area contributed by atoms with Crippen molar-refractivity contribution in [1.82, 2.24) is 0 Å². The van der Waals surface area contributed by atoms with Gasteiger partial charge in [0.1, 0.15) is 0 Å². The molecule has 108 valence electrons. The monoisotopic (exact) mass is 295 g/mol. The van der Waals surface area contributed by atoms with Crippen LogP contribution >= 0.6 is 0 Å². The number of aliphatic carboxylic acids is 1. The average molecular weight is 295 g/mol. The number of carbonyl (C=O) groups is 1. The first-order valence-electron chi connectivity index (χ1n) is 6.31. The molecule has 5 nitrogen and oxygen atoms in total. The van der Waals surface area contributed by atoms with Gasteiger partial charge >= 0.3 is 5.97 Å². The van der Waals surface area contributed by atoms with E-state index in [-0.39, 0.29) is 11.7 Å². The molecule has 0 bridgehead atoms. The van der Waals surface area contributed by atoms with Crippen molar-refractivity contribution in [1.29, 1.82) is 0 Å². The summed E-state index contributed by atoms with van der Waals surface area (Å²) >= 11 is 0. The van der Waals surface area contributed by atoms with Gasteiger partial charge in [0.25, 0.3) is 0 Å². The minimum Gasteiger partial charge on any atom is -0.478 e. The Kier molecular flexibility index (Phi) is 3.85. The molecular weight excluding hydrogens is 278 g/mol. The number of carboxylic acid groups (broad SMARTS) is 1. The van der Waals surface area contributed by atoms with E-state index >= 15 is 0 Å². The molecule has 2 rings (SSSR count). The SMILES string of the molecule is Cc1cc(C=CC(=O)O)ccc1N1CC(C)CS1(=O)=O. The van der Waals surface area contributed by atoms with Crippen LogP contribution in [-0.2, 0) is 14.8 Å². The van der Waals surface area contributed by atoms with Crippen molar-refractivity contribution in [3.05, 3.63) is 35.4 Å². The fraction of sp³-hybridized carbons (Fsp3) is 0.357. The van der Waals surface area contributed by atoms with Crippen molar-refractivity contribution in [3.63, 3.8) is 0 Å². The molecule has 0 radical (unpaired) electrons. The zero-order valence-electron chi connectivity index (χ0n) is 11.4. The third-order valence-corrected chi connectivity index (χ3v) is 5.22. The number of aryl methyl sites for hydroxylation is 1. The number of anilines is 1. The van der Waals surface area contributed by atoms with Crippen LogP contribution in [-0.4, -0.2) is 31.8 Å². The average Bonchev–Trinajstić information content (AvgIpc) is 2.60. The highest BCUT2D eigenvalue weighted by Crippen LogP contribution is 2.30. The third kappa shape index (κ3) is 3.01. The van der Waals surface area contributed by atoms with Crippen molar-refractivity contribution in [2.45, 2.75) is 13.8 Å². The van der Waals surface area contributed by atoms with Gasteiger partial charge in [-0.3, -0.25) is 4.31 Å². The van der Waals surface area contributed by atoms with Gasteiger partial charge in [-0.1, -0.05) is 13.0 Å². The van der Waals surface area contributed by atoms with Crippen LogP contribution in [0, 0.1) is 12.8 Å². The van der Waals surface area contributed by atoms with E-state index < -0.39 is 16.0 Å². The Labute approximate surface area is 118 Å². The Morgan fingerprint density at radius 2 is 2.15 bits per heavy atom. The maximum Gasteiger partial charge on any atom is 0.328 e. The van der Waals surface area contributed by atoms with E-state index in [1.165, 1.54) is 10.4 Å². The number of carboxylic acids is 1. The van der Waals surface area contributed by atoms with Crippen LogP contribution in [0.4, 0.5) is 5.69 Å². The van der Waals surface area contributed by atoms with Gasteiger partial charge in [0.2, 0.25) is 10.0 Å². The molecule has 0 spiro atoms. The first kappa shape index (κ1) is 14.6. The Balaban J connectivity index is 2.33. The molecule has 1 atom stereocenters. The van der Waals surface area contributed by atoms with Crippen molar-refractivity contribution in [3.8, 4) is 0 Å². The van der Waals surface area contributed by atoms with Crippen molar-refractivity contribution in [2.75, 3.05) is 16.6 Å². The Bertz CT molecular complexity index is 664. The van der Waals surface area contributed by atoms with E-state index in [4.69, 9.17) is 5.11 Å². The van der Waals surface area contributed by atoms with Gasteiger partial charge in [0.05, 0.1) is 11.4 Å². The topological polar surface area (TPSA) is 74.7 Å². The van der Waals surface area contributed by atoms with Gasteiger partial charge in [-0.25, -0.2) is 13.2 Å². The van der Waals surface area contributed by atoms with E-state index in [2.05, 4.69) is 0 Å². The van der Waals surface area contributed by atoms with Crippen LogP contribution in [0.5, 0.6) is 0 Å². The Hall–Kier alpha value is -1.82. The maximum absolute atomic E-state index is 12.1. The first-order valence-corrected chi connectivity index (χ1v) is 7.92. The Morgan fingerprint density at radius 3 is 2.65 bits per heavy atom. The molecule has 1 aliphatic heterocycles. The summed E-state index contributed by atoms with van der Waals surface area (Å²) in [5, 5.41) is 8.59. The van der Waals surface area contributed by atoms with E-state index in [1.807, 2.05) is 13.8 Å². The fourth-order valence-electron chi connectivity index (χ4n) is 2.38. The summed E-state index contributed by atoms with van der Waals surface area (Å²) in [5.41, 5.74) is 2.22. The van der Waals surface area contributed by atoms with Gasteiger partial charge in [0.15, 0.2) is 0 Å². The lowest BCUT2D eigenvalue weighted by Crippen LogP contribution is -2.26. The largest absolute Gasteiger partial charge is 0.478 e. The fourth-order valence-corrected chi connectivity index (χ4v) is 4.37. The number of rotatable bonds is 3. The molecule has 1 unspecified atom stereocenters. The van der Waals surface area contributed by atoms with Crippen molar-refractivity contribution >= 4 is 27.8 Å². The summed E-state index contributed by atoms with van der Waals surface area (Å²) in [6.07, 6.45) is 2.54. The van der Waals surface area contributed by atoms with E-state index in [1.54, 1.807) is 18.2 Å². The molecule has 0 saturated carbocycles. The highest BCUT2D eigenvalue weighted by molar-refractivity contribution is 7.93. The van der Waals surface area contributed by atoms with E-state index in [0.29, 0.717) is 12.2 Å². The number of hydrogen-bond acceptors (Lipinski definition) is 3. The number of hydrogen-bond donors (Lipinski definition) is 1. The van der Waals surface area contributed by atoms with Crippen LogP contribution in [0.3, 0.4) is 0 Å². The van der Waals surface area contributed by atoms with Crippen molar-refractivity contribution in [2.24, 2.45) is 5.92 Å². The summed E-state index contributed by atoms with van der Waals surface area (Å²) in [7, 11) is -3.23. The summed E-state index contributed by atoms with van der Waals surface area (Å²) in [6, 6.07) is 5.24. The lowest BCUT2D eigenvalue weighted by Gasteiger charge is -2.19. The highest BCUT2D eigenvalue weighted by Gasteiger charge is 2.34. The number of nitrogens with zero attached hydrogens (tertiary/aromatic N) is 1. The van der Waals surface area contributed by atoms with E-state index in [0.717, 1.165) is 17.2 Å². The molecule has 0 aliphatic carbocycles. The van der Waals surface area contributed by atoms with Crippen LogP contribution in [0.15, 0.2) is 24.3 Å². The molecule has 1 aromatic carbocycles. The van der Waals surface area contributed by atoms with Gasteiger partial charge in [-0.05, 0) is 42.2 Å². The number of benzene rings is 1. The summed E-state index contributed by atoms with van der Waals surface area (Å²) in [4.78, 5) is 10.5. The molecule has 0 aromatic heterocycles. The van der Waals surface area contributed by atoms with Crippen LogP contribution in [0.2, 0.25) is 0 Å². The molecule has 1 N–H and O–H groups in total. The first-order chi connectivity index (χ1) is 9.29. The van der Waals surface area contributed by atoms with Gasteiger partial charge in [-0.2, -0.15) is 0 Å². The lowest BCUT2D eigenvalue weighted by molar-refractivity contribution is -0.131. The predicted octanol–water partition coefficient (Wildman–Crippen LogP) is 1.88. The van der Waals surface area contributed by atoms with Crippen LogP contribution in [0.1, 0.15) is 18.1 Å². The highest BCUT2D eigenvalue weighted by atomic mass is 32.2. The van der Waals surface area contributed by atoms with Crippen LogP contribution < -0.4 is 4.31 Å². The predicted molar refractivity (Wildman–Crippen MR) is 78.1 cm³/mol. The zero-order valence-corrected chi connectivity index (χ0v) is 12.2. The van der Waals surface area contributed by atoms with Gasteiger partial charge in [0, 0.05) is 12.6 Å². The van der Waals surface area contributed by atoms with Gasteiger partial charge in [-0.15, -0.1) is 0 Å². The summed E-state index contributed by atoms with van der Waals surface area (Å²) in [6.45, 7) is 4.23. The molecule has 1 saturated heterocycles. The molecule has 1 aromatic rings. The molecule has 1 fully saturated rings. The second kappa shape index (κ2) is 5.28. The van der Waals surface area contributed by atoms with Gasteiger partial charge < -0.3 is 5.11 Å². The lowest BCUT2D eigenvalue weighted by atomic mass is 10.1. The molecular formula is C14H17NO4S. The standard InChI is InChI=1S/C14H17NO4S/c1-10-8-15(20(18,19)9-10)13-5-3-12(7-11(13)2)4-6-14(16)17/h3-7,10H,8-9H2,1-2H3,(H,16,17). The second-order valence-corrected chi connectivity index (χ2v) is 7.07. The maximum atomic E-state index is 12.1. The molecule has 1 aliphatic rings. The molecule has 0 amide bonds. The minimum absolute atomic E-state index is 0.117. The van der Waals surface area contributed by atoms with E-state index in [9.17, 15) is 13.2 Å². The van der Waals surface area contributed by atoms with Crippen LogP contribution in [0.25, 0.3) is 6.08 Å². The minimum atomic E-state index is -3.23. The smallest absolute Gasteiger partial charge is 0.328 e. The zero-order chi connectivity index (χ0) is 14.9. The molecule has 1 heterocycles. The summed E-state index contributed by atoms with van der Waals surface area (Å²) < 4.78 is 25.6. The third-order valence-electron chi connectivity index (χ3n) is 3.22. The summed E-state index contributed by atoms with van der Waals surface area (Å²) in [5.74, 6) is -0.721. The normalized spacial score (nSPS) is 21.5. The second-order valence-electron chi connectivity index (χ2n) is 5.13. The number of sulfonamides is 1. The molecule has 20 heavy (non-hydrogen) atoms. The molecule has 6 heteroatoms.